The Balaban J connectivity index is 0.000000329. The molecule has 4 aromatic carbocycles. The van der Waals surface area contributed by atoms with Gasteiger partial charge in [-0.15, -0.1) is 0 Å². The summed E-state index contributed by atoms with van der Waals surface area (Å²) in [5, 5.41) is 6.56. The molecular formula is C67H101NO8Si2. The Morgan fingerprint density at radius 2 is 1.01 bits per heavy atom. The average molecular weight is 1100 g/mol. The summed E-state index contributed by atoms with van der Waals surface area (Å²) >= 11 is 0. The van der Waals surface area contributed by atoms with Crippen molar-refractivity contribution in [2.24, 2.45) is 17.8 Å². The highest BCUT2D eigenvalue weighted by atomic mass is 28.4. The first-order valence-electron chi connectivity index (χ1n) is 28.4. The number of hydrogen-bond acceptors (Lipinski definition) is 8. The van der Waals surface area contributed by atoms with Crippen LogP contribution in [-0.2, 0) is 37.5 Å². The van der Waals surface area contributed by atoms with Crippen LogP contribution >= 0.6 is 0 Å². The maximum Gasteiger partial charge on any atom is 0.309 e. The van der Waals surface area contributed by atoms with Crippen LogP contribution < -0.4 is 20.7 Å². The zero-order valence-electron chi connectivity index (χ0n) is 48.2. The molecule has 0 N–H and O–H groups in total. The Morgan fingerprint density at radius 1 is 0.628 bits per heavy atom. The molecule has 0 bridgehead atoms. The molecule has 430 valence electrons. The number of carbonyl (C=O) groups excluding carboxylic acids is 2. The van der Waals surface area contributed by atoms with Crippen molar-refractivity contribution >= 4 is 49.3 Å². The number of amides is 1. The minimum atomic E-state index is -2.50. The van der Waals surface area contributed by atoms with Crippen LogP contribution in [0.3, 0.4) is 0 Å². The van der Waals surface area contributed by atoms with Gasteiger partial charge in [0.2, 0.25) is 5.91 Å². The summed E-state index contributed by atoms with van der Waals surface area (Å²) in [7, 11) is -1.81. The first-order valence-corrected chi connectivity index (χ1v) is 32.2. The lowest BCUT2D eigenvalue weighted by Crippen LogP contribution is -2.66. The van der Waals surface area contributed by atoms with E-state index < -0.39 is 16.6 Å². The van der Waals surface area contributed by atoms with E-state index in [1.807, 2.05) is 13.8 Å². The molecule has 2 unspecified atom stereocenters. The molecule has 0 radical (unpaired) electrons. The molecule has 0 aliphatic carbocycles. The van der Waals surface area contributed by atoms with Gasteiger partial charge < -0.3 is 23.1 Å². The van der Waals surface area contributed by atoms with Crippen LogP contribution in [0.5, 0.6) is 0 Å². The topological polar surface area (TPSA) is 92.8 Å². The summed E-state index contributed by atoms with van der Waals surface area (Å²) in [4.78, 5) is 29.0. The minimum Gasteiger partial charge on any atom is -0.462 e. The van der Waals surface area contributed by atoms with Crippen molar-refractivity contribution in [1.29, 1.82) is 0 Å². The van der Waals surface area contributed by atoms with E-state index in [1.54, 1.807) is 7.05 Å². The minimum absolute atomic E-state index is 0. The van der Waals surface area contributed by atoms with Crippen LogP contribution in [0.2, 0.25) is 10.1 Å². The monoisotopic (exact) mass is 1100 g/mol. The fourth-order valence-electron chi connectivity index (χ4n) is 12.1. The van der Waals surface area contributed by atoms with Gasteiger partial charge in [-0.1, -0.05) is 212 Å². The largest absolute Gasteiger partial charge is 0.462 e. The summed E-state index contributed by atoms with van der Waals surface area (Å²) in [5.41, 5.74) is 2.37. The van der Waals surface area contributed by atoms with Crippen molar-refractivity contribution in [3.05, 3.63) is 146 Å². The van der Waals surface area contributed by atoms with E-state index >= 15 is 0 Å². The predicted octanol–water partition coefficient (Wildman–Crippen LogP) is 13.6. The molecule has 0 spiro atoms. The Bertz CT molecular complexity index is 2340. The number of hydrogen-bond donors (Lipinski definition) is 0. The molecule has 3 aliphatic heterocycles. The third-order valence-electron chi connectivity index (χ3n) is 16.2. The van der Waals surface area contributed by atoms with E-state index in [2.05, 4.69) is 183 Å². The number of benzene rings is 4. The van der Waals surface area contributed by atoms with Gasteiger partial charge in [-0.2, -0.15) is 0 Å². The summed E-state index contributed by atoms with van der Waals surface area (Å²) in [6.07, 6.45) is 11.6. The van der Waals surface area contributed by atoms with E-state index in [4.69, 9.17) is 27.9 Å². The van der Waals surface area contributed by atoms with Crippen molar-refractivity contribution < 1.29 is 37.5 Å². The second-order valence-corrected chi connectivity index (χ2v) is 32.7. The third kappa shape index (κ3) is 16.8. The van der Waals surface area contributed by atoms with Crippen LogP contribution in [0.1, 0.15) is 154 Å². The lowest BCUT2D eigenvalue weighted by atomic mass is 9.91. The molecule has 7 rings (SSSR count). The number of rotatable bonds is 24. The standard InChI is InChI=1S/C34H51NO4Si.C31H42O4Si.2CH4/c1-26(24-28(3)33(36)35(7)37-8)21-22-32-27(2)25-29(39-32)16-15-23-38-40(34(4,5)6,30-17-11-9-12-18-30)31-19-13-10-14-20-31;1-23-21-25(34-29(23)19-18-26-22-24(2)30(32)35-26)13-12-20-33-36(31(3,4)5,27-14-8-6-9-15-27)28-16-10-7-11-17-28;;/h9-14,17-20,26,28-29,32H,2,15-16,21-25H2,1,3-8H3;6-11,14-17,24-26,29H,1,12-13,18-22H2,2-5H3;2*1H4/t26?,28-,29+,32+;24-,25+,26?,29+;;/m11../s1. The molecule has 3 heterocycles. The fourth-order valence-corrected chi connectivity index (χ4v) is 21.3. The zero-order chi connectivity index (χ0) is 55.1. The number of esters is 1. The molecule has 1 amide bonds. The Labute approximate surface area is 475 Å². The molecule has 78 heavy (non-hydrogen) atoms. The van der Waals surface area contributed by atoms with E-state index in [-0.39, 0.29) is 79.2 Å². The van der Waals surface area contributed by atoms with Crippen LogP contribution in [0.4, 0.5) is 0 Å². The van der Waals surface area contributed by atoms with E-state index in [9.17, 15) is 9.59 Å². The van der Waals surface area contributed by atoms with Gasteiger partial charge in [0.1, 0.15) is 6.10 Å². The van der Waals surface area contributed by atoms with E-state index in [1.165, 1.54) is 44.1 Å². The molecule has 4 aromatic rings. The maximum atomic E-state index is 12.3. The number of ether oxygens (including phenoxy) is 3. The molecule has 3 saturated heterocycles. The van der Waals surface area contributed by atoms with E-state index in [0.29, 0.717) is 19.1 Å². The molecular weight excluding hydrogens is 1000 g/mol. The van der Waals surface area contributed by atoms with E-state index in [0.717, 1.165) is 77.0 Å². The molecule has 11 heteroatoms. The van der Waals surface area contributed by atoms with Crippen molar-refractivity contribution in [2.75, 3.05) is 27.4 Å². The first-order chi connectivity index (χ1) is 36.2. The predicted molar refractivity (Wildman–Crippen MR) is 329 cm³/mol. The third-order valence-corrected chi connectivity index (χ3v) is 26.2. The highest BCUT2D eigenvalue weighted by molar-refractivity contribution is 7.00. The summed E-state index contributed by atoms with van der Waals surface area (Å²) < 4.78 is 32.4. The normalized spacial score (nSPS) is 21.4. The number of carbonyl (C=O) groups is 2. The molecule has 0 saturated carbocycles. The van der Waals surface area contributed by atoms with Gasteiger partial charge in [0.15, 0.2) is 0 Å². The van der Waals surface area contributed by atoms with Crippen LogP contribution in [0.15, 0.2) is 146 Å². The van der Waals surface area contributed by atoms with Crippen LogP contribution in [0, 0.1) is 17.8 Å². The Morgan fingerprint density at radius 3 is 1.36 bits per heavy atom. The maximum absolute atomic E-state index is 12.3. The van der Waals surface area contributed by atoms with Gasteiger partial charge in [-0.3, -0.25) is 14.4 Å². The van der Waals surface area contributed by atoms with Gasteiger partial charge in [0.05, 0.1) is 37.4 Å². The Hall–Kier alpha value is -4.47. The summed E-state index contributed by atoms with van der Waals surface area (Å²) in [6.45, 7) is 30.1. The number of nitrogens with zero attached hydrogens (tertiary/aromatic N) is 1. The van der Waals surface area contributed by atoms with Crippen molar-refractivity contribution in [3.63, 3.8) is 0 Å². The van der Waals surface area contributed by atoms with Crippen LogP contribution in [0.25, 0.3) is 0 Å². The van der Waals surface area contributed by atoms with Crippen molar-refractivity contribution in [3.8, 4) is 0 Å². The smallest absolute Gasteiger partial charge is 0.309 e. The number of cyclic esters (lactones) is 1. The molecule has 0 aromatic heterocycles. The average Bonchev–Trinajstić information content (AvgIpc) is 4.19. The van der Waals surface area contributed by atoms with Crippen LogP contribution in [-0.4, -0.2) is 91.5 Å². The van der Waals surface area contributed by atoms with Gasteiger partial charge in [0, 0.05) is 26.2 Å². The fraction of sp³-hybridized carbons (Fsp3) is 0.552. The molecule has 9 nitrogen and oxygen atoms in total. The van der Waals surface area contributed by atoms with Gasteiger partial charge in [-0.25, -0.2) is 5.06 Å². The summed E-state index contributed by atoms with van der Waals surface area (Å²) in [6, 6.07) is 43.3. The molecule has 3 fully saturated rings. The van der Waals surface area contributed by atoms with Gasteiger partial charge in [-0.05, 0) is 125 Å². The number of hydroxylamine groups is 2. The lowest BCUT2D eigenvalue weighted by Gasteiger charge is -2.43. The van der Waals surface area contributed by atoms with Crippen molar-refractivity contribution in [2.45, 2.75) is 195 Å². The molecule has 3 aliphatic rings. The lowest BCUT2D eigenvalue weighted by molar-refractivity contribution is -0.173. The van der Waals surface area contributed by atoms with Gasteiger partial charge >= 0.3 is 5.97 Å². The highest BCUT2D eigenvalue weighted by Crippen LogP contribution is 2.40. The van der Waals surface area contributed by atoms with Gasteiger partial charge in [0.25, 0.3) is 16.6 Å². The highest BCUT2D eigenvalue weighted by Gasteiger charge is 2.51. The molecule has 8 atom stereocenters. The second kappa shape index (κ2) is 30.4. The quantitative estimate of drug-likeness (QED) is 0.0225. The Kier molecular flexibility index (Phi) is 25.7. The summed E-state index contributed by atoms with van der Waals surface area (Å²) in [5.74, 6) is 0.350. The second-order valence-electron chi connectivity index (χ2n) is 24.1. The SMILES string of the molecule is C.C.C=C1C[C@H](CCCO[Si](c2ccccc2)(c2ccccc2)C(C)(C)C)O[C@H]1CCC(C)C[C@@H](C)C(=O)N(C)OC.C=C1C[C@H](CCCO[Si](c2ccccc2)(c2ccccc2)C(C)(C)C)O[C@H]1CCC1C[C@@H](C)C(=O)O1. The zero-order valence-corrected chi connectivity index (χ0v) is 50.2. The first kappa shape index (κ1) is 66.0. The van der Waals surface area contributed by atoms with Crippen molar-refractivity contribution in [1.82, 2.24) is 5.06 Å².